The van der Waals surface area contributed by atoms with Crippen LogP contribution in [0.3, 0.4) is 0 Å². The van der Waals surface area contributed by atoms with Crippen LogP contribution in [0.5, 0.6) is 23.0 Å². The smallest absolute Gasteiger partial charge is 0.240 e. The fourth-order valence-corrected chi connectivity index (χ4v) is 3.10. The Morgan fingerprint density at radius 1 is 0.909 bits per heavy atom. The third-order valence-corrected chi connectivity index (χ3v) is 4.87. The summed E-state index contributed by atoms with van der Waals surface area (Å²) in [5.74, 6) is 1.30. The van der Waals surface area contributed by atoms with Crippen molar-refractivity contribution in [2.75, 3.05) is 26.6 Å². The van der Waals surface area contributed by atoms with Crippen LogP contribution in [0.25, 0.3) is 0 Å². The minimum Gasteiger partial charge on any atom is -0.506 e. The maximum absolute atomic E-state index is 12.0. The van der Waals surface area contributed by atoms with Gasteiger partial charge in [-0.1, -0.05) is 25.0 Å². The molecule has 0 unspecified atom stereocenters. The lowest BCUT2D eigenvalue weighted by Gasteiger charge is -2.12. The molecule has 0 saturated heterocycles. The monoisotopic (exact) mass is 457 g/mol. The van der Waals surface area contributed by atoms with Gasteiger partial charge in [-0.2, -0.15) is 5.10 Å². The normalized spacial score (nSPS) is 10.6. The van der Waals surface area contributed by atoms with Gasteiger partial charge in [-0.05, 0) is 25.0 Å². The van der Waals surface area contributed by atoms with E-state index < -0.39 is 0 Å². The average Bonchev–Trinajstić information content (AvgIpc) is 2.82. The first kappa shape index (κ1) is 25.5. The summed E-state index contributed by atoms with van der Waals surface area (Å²) in [7, 11) is 4.60. The molecule has 9 nitrogen and oxygen atoms in total. The molecule has 2 rings (SSSR count). The topological polar surface area (TPSA) is 118 Å². The highest BCUT2D eigenvalue weighted by Crippen LogP contribution is 2.32. The number of benzene rings is 2. The van der Waals surface area contributed by atoms with Gasteiger partial charge in [0, 0.05) is 25.0 Å². The van der Waals surface area contributed by atoms with E-state index >= 15 is 0 Å². The van der Waals surface area contributed by atoms with Gasteiger partial charge in [0.05, 0.1) is 38.8 Å². The van der Waals surface area contributed by atoms with Crippen molar-refractivity contribution in [1.82, 2.24) is 5.43 Å². The zero-order chi connectivity index (χ0) is 24.1. The van der Waals surface area contributed by atoms with Gasteiger partial charge < -0.3 is 24.6 Å². The number of unbranched alkanes of at least 4 members (excludes halogenated alkanes) is 3. The molecule has 0 saturated carbocycles. The number of hydrazone groups is 1. The average molecular weight is 458 g/mol. The molecule has 0 bridgehead atoms. The number of phenolic OH excluding ortho intramolecular Hbond substituents is 1. The summed E-state index contributed by atoms with van der Waals surface area (Å²) < 4.78 is 15.9. The zero-order valence-electron chi connectivity index (χ0n) is 19.2. The van der Waals surface area contributed by atoms with Gasteiger partial charge in [-0.25, -0.2) is 5.43 Å². The molecule has 0 aliphatic rings. The number of amides is 2. The number of carbonyl (C=O) groups excluding carboxylic acids is 2. The number of phenols is 1. The second-order valence-electron chi connectivity index (χ2n) is 7.22. The van der Waals surface area contributed by atoms with E-state index in [4.69, 9.17) is 14.2 Å². The maximum Gasteiger partial charge on any atom is 0.240 e. The van der Waals surface area contributed by atoms with Crippen LogP contribution in [-0.4, -0.2) is 44.5 Å². The Morgan fingerprint density at radius 3 is 2.09 bits per heavy atom. The van der Waals surface area contributed by atoms with Crippen molar-refractivity contribution >= 4 is 23.7 Å². The molecule has 3 N–H and O–H groups in total. The van der Waals surface area contributed by atoms with Crippen molar-refractivity contribution in [3.05, 3.63) is 42.0 Å². The van der Waals surface area contributed by atoms with Gasteiger partial charge in [0.1, 0.15) is 23.0 Å². The number of nitrogens with one attached hydrogen (secondary N) is 2. The molecule has 2 aromatic carbocycles. The summed E-state index contributed by atoms with van der Waals surface area (Å²) in [4.78, 5) is 24.0. The number of hydrogen-bond donors (Lipinski definition) is 3. The molecule has 0 heterocycles. The van der Waals surface area contributed by atoms with Crippen molar-refractivity contribution in [3.63, 3.8) is 0 Å². The molecule has 33 heavy (non-hydrogen) atoms. The van der Waals surface area contributed by atoms with Crippen LogP contribution in [0.4, 0.5) is 5.69 Å². The van der Waals surface area contributed by atoms with E-state index in [1.807, 2.05) is 0 Å². The van der Waals surface area contributed by atoms with Crippen LogP contribution in [-0.2, 0) is 9.59 Å². The molecular formula is C24H31N3O6. The summed E-state index contributed by atoms with van der Waals surface area (Å²) in [6.07, 6.45) is 5.20. The predicted molar refractivity (Wildman–Crippen MR) is 126 cm³/mol. The molecule has 178 valence electrons. The van der Waals surface area contributed by atoms with Crippen molar-refractivity contribution in [1.29, 1.82) is 0 Å². The van der Waals surface area contributed by atoms with Crippen LogP contribution < -0.4 is 25.0 Å². The molecule has 0 aliphatic heterocycles. The first-order valence-corrected chi connectivity index (χ1v) is 10.7. The zero-order valence-corrected chi connectivity index (χ0v) is 19.2. The van der Waals surface area contributed by atoms with E-state index in [0.29, 0.717) is 54.2 Å². The van der Waals surface area contributed by atoms with E-state index in [0.717, 1.165) is 12.8 Å². The van der Waals surface area contributed by atoms with Crippen LogP contribution in [0.2, 0.25) is 0 Å². The minimum absolute atomic E-state index is 0.0448. The first-order chi connectivity index (χ1) is 16.0. The van der Waals surface area contributed by atoms with Gasteiger partial charge >= 0.3 is 0 Å². The van der Waals surface area contributed by atoms with Crippen molar-refractivity contribution in [2.24, 2.45) is 5.10 Å². The van der Waals surface area contributed by atoms with Crippen LogP contribution in [0.1, 0.15) is 44.1 Å². The van der Waals surface area contributed by atoms with Crippen molar-refractivity contribution < 1.29 is 28.9 Å². The number of aromatic hydroxyl groups is 1. The van der Waals surface area contributed by atoms with E-state index in [9.17, 15) is 14.7 Å². The highest BCUT2D eigenvalue weighted by atomic mass is 16.5. The lowest BCUT2D eigenvalue weighted by atomic mass is 10.1. The fourth-order valence-electron chi connectivity index (χ4n) is 3.10. The van der Waals surface area contributed by atoms with Crippen LogP contribution in [0, 0.1) is 0 Å². The van der Waals surface area contributed by atoms with E-state index in [1.54, 1.807) is 37.4 Å². The number of ether oxygens (including phenoxy) is 3. The Hall–Kier alpha value is -3.75. The van der Waals surface area contributed by atoms with Crippen molar-refractivity contribution in [3.8, 4) is 23.0 Å². The summed E-state index contributed by atoms with van der Waals surface area (Å²) in [6, 6.07) is 10.0. The summed E-state index contributed by atoms with van der Waals surface area (Å²) >= 11 is 0. The van der Waals surface area contributed by atoms with Crippen LogP contribution in [0.15, 0.2) is 41.5 Å². The SMILES string of the molecule is COc1cc(OC)c(/C=N/NC(=O)CCCCCCC(=O)Nc2ccccc2O)c(OC)c1. The molecule has 2 amide bonds. The number of hydrogen-bond acceptors (Lipinski definition) is 7. The highest BCUT2D eigenvalue weighted by molar-refractivity contribution is 5.92. The maximum atomic E-state index is 12.0. The Labute approximate surface area is 193 Å². The Morgan fingerprint density at radius 2 is 1.52 bits per heavy atom. The molecular weight excluding hydrogens is 426 g/mol. The summed E-state index contributed by atoms with van der Waals surface area (Å²) in [5.41, 5.74) is 3.50. The Kier molecular flexibility index (Phi) is 10.5. The van der Waals surface area contributed by atoms with E-state index in [-0.39, 0.29) is 17.6 Å². The number of carbonyl (C=O) groups is 2. The van der Waals surface area contributed by atoms with Crippen molar-refractivity contribution in [2.45, 2.75) is 38.5 Å². The summed E-state index contributed by atoms with van der Waals surface area (Å²) in [5, 5.41) is 16.4. The molecule has 0 atom stereocenters. The molecule has 0 aromatic heterocycles. The highest BCUT2D eigenvalue weighted by Gasteiger charge is 2.12. The first-order valence-electron chi connectivity index (χ1n) is 10.7. The quantitative estimate of drug-likeness (QED) is 0.182. The van der Waals surface area contributed by atoms with Gasteiger partial charge in [0.15, 0.2) is 0 Å². The molecule has 0 spiro atoms. The second-order valence-corrected chi connectivity index (χ2v) is 7.22. The molecule has 2 aromatic rings. The van der Waals surface area contributed by atoms with Crippen LogP contribution >= 0.6 is 0 Å². The third-order valence-electron chi connectivity index (χ3n) is 4.87. The van der Waals surface area contributed by atoms with Gasteiger partial charge in [-0.15, -0.1) is 0 Å². The standard InChI is InChI=1S/C24H31N3O6/c1-31-17-14-21(32-2)18(22(15-17)33-3)16-25-27-24(30)13-7-5-4-6-12-23(29)26-19-10-8-9-11-20(19)28/h8-11,14-16,28H,4-7,12-13H2,1-3H3,(H,26,29)(H,27,30)/b25-16+. The number of anilines is 1. The second kappa shape index (κ2) is 13.6. The number of nitrogens with zero attached hydrogens (tertiary/aromatic N) is 1. The number of methoxy groups -OCH3 is 3. The van der Waals surface area contributed by atoms with Gasteiger partial charge in [0.25, 0.3) is 0 Å². The predicted octanol–water partition coefficient (Wildman–Crippen LogP) is 3.85. The largest absolute Gasteiger partial charge is 0.506 e. The minimum atomic E-state index is -0.199. The Bertz CT molecular complexity index is 936. The lowest BCUT2D eigenvalue weighted by molar-refractivity contribution is -0.121. The molecule has 0 fully saturated rings. The summed E-state index contributed by atoms with van der Waals surface area (Å²) in [6.45, 7) is 0. The van der Waals surface area contributed by atoms with Gasteiger partial charge in [0.2, 0.25) is 11.8 Å². The lowest BCUT2D eigenvalue weighted by Crippen LogP contribution is -2.17. The third kappa shape index (κ3) is 8.36. The Balaban J connectivity index is 1.67. The molecule has 0 aliphatic carbocycles. The van der Waals surface area contributed by atoms with Gasteiger partial charge in [-0.3, -0.25) is 9.59 Å². The number of rotatable bonds is 13. The van der Waals surface area contributed by atoms with E-state index in [2.05, 4.69) is 15.8 Å². The molecule has 9 heteroatoms. The number of para-hydroxylation sites is 2. The fraction of sp³-hybridized carbons (Fsp3) is 0.375. The van der Waals surface area contributed by atoms with E-state index in [1.165, 1.54) is 26.5 Å². The molecule has 0 radical (unpaired) electrons.